The Labute approximate surface area is 147 Å². The van der Waals surface area contributed by atoms with Gasteiger partial charge >= 0.3 is 5.97 Å². The normalized spacial score (nSPS) is 11.5. The molecule has 0 bridgehead atoms. The topological polar surface area (TPSA) is 76.1 Å². The van der Waals surface area contributed by atoms with E-state index in [1.54, 1.807) is 0 Å². The number of esters is 1. The maximum absolute atomic E-state index is 12.2. The maximum Gasteiger partial charge on any atom is 0.348 e. The van der Waals surface area contributed by atoms with Crippen molar-refractivity contribution in [1.29, 1.82) is 0 Å². The van der Waals surface area contributed by atoms with Crippen LogP contribution in [0.1, 0.15) is 55.7 Å². The van der Waals surface area contributed by atoms with Crippen LogP contribution < -0.4 is 10.6 Å². The van der Waals surface area contributed by atoms with Gasteiger partial charge in [0.2, 0.25) is 0 Å². The minimum absolute atomic E-state index is 0.236. The van der Waals surface area contributed by atoms with Crippen molar-refractivity contribution in [3.8, 4) is 0 Å². The fourth-order valence-corrected chi connectivity index (χ4v) is 3.42. The second-order valence-corrected chi connectivity index (χ2v) is 7.28. The van der Waals surface area contributed by atoms with Crippen LogP contribution in [-0.4, -0.2) is 34.6 Å². The fourth-order valence-electron chi connectivity index (χ4n) is 2.33. The van der Waals surface area contributed by atoms with Crippen molar-refractivity contribution < 1.29 is 9.53 Å². The van der Waals surface area contributed by atoms with Crippen LogP contribution in [0.2, 0.25) is 0 Å². The highest BCUT2D eigenvalue weighted by molar-refractivity contribution is 7.20. The zero-order valence-corrected chi connectivity index (χ0v) is 16.0. The van der Waals surface area contributed by atoms with E-state index in [1.807, 2.05) is 13.8 Å². The molecule has 0 aliphatic heterocycles. The molecule has 2 aromatic rings. The van der Waals surface area contributed by atoms with E-state index in [0.29, 0.717) is 24.1 Å². The van der Waals surface area contributed by atoms with Gasteiger partial charge in [0.1, 0.15) is 21.3 Å². The molecule has 0 aliphatic rings. The number of thiophene rings is 1. The van der Waals surface area contributed by atoms with Crippen molar-refractivity contribution in [1.82, 2.24) is 15.3 Å². The monoisotopic (exact) mass is 350 g/mol. The molecule has 2 N–H and O–H groups in total. The van der Waals surface area contributed by atoms with E-state index in [9.17, 15) is 4.79 Å². The number of hydrogen-bond acceptors (Lipinski definition) is 7. The quantitative estimate of drug-likeness (QED) is 0.745. The minimum atomic E-state index is -0.296. The van der Waals surface area contributed by atoms with Gasteiger partial charge in [0.05, 0.1) is 18.5 Å². The van der Waals surface area contributed by atoms with Crippen LogP contribution in [0.3, 0.4) is 0 Å². The van der Waals surface area contributed by atoms with Crippen LogP contribution in [0.4, 0.5) is 5.82 Å². The second kappa shape index (κ2) is 7.90. The lowest BCUT2D eigenvalue weighted by atomic mass is 10.2. The smallest absolute Gasteiger partial charge is 0.348 e. The van der Waals surface area contributed by atoms with E-state index in [1.165, 1.54) is 11.3 Å². The third-order valence-electron chi connectivity index (χ3n) is 3.39. The number of fused-ring (bicyclic) bond motifs is 1. The van der Waals surface area contributed by atoms with Gasteiger partial charge in [0.25, 0.3) is 0 Å². The summed E-state index contributed by atoms with van der Waals surface area (Å²) < 4.78 is 5.16. The van der Waals surface area contributed by atoms with Gasteiger partial charge in [0.15, 0.2) is 0 Å². The average molecular weight is 350 g/mol. The van der Waals surface area contributed by atoms with Crippen LogP contribution in [0.15, 0.2) is 0 Å². The maximum atomic E-state index is 12.2. The Balaban J connectivity index is 2.52. The third kappa shape index (κ3) is 4.21. The predicted octanol–water partition coefficient (Wildman–Crippen LogP) is 3.49. The molecular weight excluding hydrogens is 324 g/mol. The van der Waals surface area contributed by atoms with Crippen molar-refractivity contribution in [2.24, 2.45) is 0 Å². The number of carbonyl (C=O) groups is 1. The van der Waals surface area contributed by atoms with E-state index in [4.69, 9.17) is 4.74 Å². The Kier molecular flexibility index (Phi) is 6.12. The zero-order valence-electron chi connectivity index (χ0n) is 15.2. The molecule has 6 nitrogen and oxygen atoms in total. The van der Waals surface area contributed by atoms with Crippen molar-refractivity contribution in [3.05, 3.63) is 16.3 Å². The Morgan fingerprint density at radius 3 is 2.50 bits per heavy atom. The number of nitrogens with zero attached hydrogens (tertiary/aromatic N) is 2. The summed E-state index contributed by atoms with van der Waals surface area (Å²) in [6.07, 6.45) is 0. The highest BCUT2D eigenvalue weighted by Crippen LogP contribution is 2.34. The van der Waals surface area contributed by atoms with Gasteiger partial charge in [-0.2, -0.15) is 0 Å². The summed E-state index contributed by atoms with van der Waals surface area (Å²) in [6, 6.07) is 0.588. The van der Waals surface area contributed by atoms with Crippen molar-refractivity contribution in [2.45, 2.75) is 60.2 Å². The molecule has 0 saturated heterocycles. The highest BCUT2D eigenvalue weighted by Gasteiger charge is 2.21. The fraction of sp³-hybridized carbons (Fsp3) is 0.588. The molecule has 2 aromatic heterocycles. The summed E-state index contributed by atoms with van der Waals surface area (Å²) in [7, 11) is 0. The lowest BCUT2D eigenvalue weighted by Crippen LogP contribution is -2.23. The SMILES string of the molecule is CCOC(=O)c1sc2nc(CNC(C)C)nc(NC(C)C)c2c1C. The van der Waals surface area contributed by atoms with Gasteiger partial charge in [-0.05, 0) is 33.3 Å². The van der Waals surface area contributed by atoms with Gasteiger partial charge < -0.3 is 15.4 Å². The lowest BCUT2D eigenvalue weighted by Gasteiger charge is -2.13. The lowest BCUT2D eigenvalue weighted by molar-refractivity contribution is 0.0531. The van der Waals surface area contributed by atoms with Crippen LogP contribution in [0, 0.1) is 6.92 Å². The van der Waals surface area contributed by atoms with Gasteiger partial charge in [-0.15, -0.1) is 11.3 Å². The zero-order chi connectivity index (χ0) is 17.9. The molecule has 0 aromatic carbocycles. The van der Waals surface area contributed by atoms with Crippen LogP contribution in [0.5, 0.6) is 0 Å². The first-order valence-corrected chi connectivity index (χ1v) is 9.12. The first kappa shape index (κ1) is 18.6. The van der Waals surface area contributed by atoms with Crippen molar-refractivity contribution >= 4 is 33.3 Å². The van der Waals surface area contributed by atoms with E-state index in [-0.39, 0.29) is 12.0 Å². The summed E-state index contributed by atoms with van der Waals surface area (Å²) in [5, 5.41) is 7.62. The molecule has 0 radical (unpaired) electrons. The number of aromatic nitrogens is 2. The third-order valence-corrected chi connectivity index (χ3v) is 4.56. The summed E-state index contributed by atoms with van der Waals surface area (Å²) >= 11 is 1.37. The van der Waals surface area contributed by atoms with Gasteiger partial charge in [0, 0.05) is 12.1 Å². The van der Waals surface area contributed by atoms with Crippen molar-refractivity contribution in [2.75, 3.05) is 11.9 Å². The predicted molar refractivity (Wildman–Crippen MR) is 98.8 cm³/mol. The number of hydrogen-bond donors (Lipinski definition) is 2. The highest BCUT2D eigenvalue weighted by atomic mass is 32.1. The number of carbonyl (C=O) groups excluding carboxylic acids is 1. The van der Waals surface area contributed by atoms with Crippen LogP contribution >= 0.6 is 11.3 Å². The van der Waals surface area contributed by atoms with E-state index in [0.717, 1.165) is 27.4 Å². The Morgan fingerprint density at radius 1 is 1.21 bits per heavy atom. The molecule has 0 amide bonds. The molecule has 0 atom stereocenters. The standard InChI is InChI=1S/C17H26N4O2S/c1-7-23-17(22)14-11(6)13-15(19-10(4)5)20-12(8-18-9(2)3)21-16(13)24-14/h9-10,18H,7-8H2,1-6H3,(H,19,20,21). The number of nitrogens with one attached hydrogen (secondary N) is 2. The average Bonchev–Trinajstić information content (AvgIpc) is 2.82. The van der Waals surface area contributed by atoms with Gasteiger partial charge in [-0.1, -0.05) is 13.8 Å². The van der Waals surface area contributed by atoms with E-state index >= 15 is 0 Å². The Bertz CT molecular complexity index is 725. The summed E-state index contributed by atoms with van der Waals surface area (Å²) in [5.74, 6) is 1.20. The molecule has 132 valence electrons. The minimum Gasteiger partial charge on any atom is -0.462 e. The largest absolute Gasteiger partial charge is 0.462 e. The number of anilines is 1. The molecule has 7 heteroatoms. The summed E-state index contributed by atoms with van der Waals surface area (Å²) in [5.41, 5.74) is 0.875. The molecule has 0 spiro atoms. The molecular formula is C17H26N4O2S. The molecule has 0 unspecified atom stereocenters. The molecule has 0 fully saturated rings. The van der Waals surface area contributed by atoms with E-state index < -0.39 is 0 Å². The Hall–Kier alpha value is -1.73. The summed E-state index contributed by atoms with van der Waals surface area (Å²) in [6.45, 7) is 13.0. The van der Waals surface area contributed by atoms with Crippen LogP contribution in [0.25, 0.3) is 10.2 Å². The molecule has 24 heavy (non-hydrogen) atoms. The van der Waals surface area contributed by atoms with Gasteiger partial charge in [-0.25, -0.2) is 14.8 Å². The molecule has 2 heterocycles. The first-order valence-electron chi connectivity index (χ1n) is 8.30. The summed E-state index contributed by atoms with van der Waals surface area (Å²) in [4.78, 5) is 22.9. The Morgan fingerprint density at radius 2 is 1.92 bits per heavy atom. The second-order valence-electron chi connectivity index (χ2n) is 6.28. The molecule has 0 saturated carbocycles. The molecule has 0 aliphatic carbocycles. The first-order chi connectivity index (χ1) is 11.3. The van der Waals surface area contributed by atoms with Crippen LogP contribution in [-0.2, 0) is 11.3 Å². The van der Waals surface area contributed by atoms with E-state index in [2.05, 4.69) is 48.3 Å². The number of ether oxygens (including phenoxy) is 1. The van der Waals surface area contributed by atoms with Crippen molar-refractivity contribution in [3.63, 3.8) is 0 Å². The number of aryl methyl sites for hydroxylation is 1. The molecule has 2 rings (SSSR count). The number of rotatable bonds is 7. The van der Waals surface area contributed by atoms with Gasteiger partial charge in [-0.3, -0.25) is 0 Å².